The standard InChI is InChI=1S/C17H22N4O2/c1-17(2,3)15-12(9-18-11-20-15)10-19-16(22)21-13-6-5-7-14(8-13)23-4/h5-9,11H,10H2,1-4H3,(H2,19,21,22). The average Bonchev–Trinajstić information content (AvgIpc) is 2.52. The summed E-state index contributed by atoms with van der Waals surface area (Å²) < 4.78 is 5.13. The molecule has 6 nitrogen and oxygen atoms in total. The topological polar surface area (TPSA) is 76.1 Å². The Morgan fingerprint density at radius 2 is 2.09 bits per heavy atom. The molecule has 2 N–H and O–H groups in total. The molecule has 0 saturated heterocycles. The predicted molar refractivity (Wildman–Crippen MR) is 89.6 cm³/mol. The summed E-state index contributed by atoms with van der Waals surface area (Å²) in [5.41, 5.74) is 2.39. The number of hydrogen-bond acceptors (Lipinski definition) is 4. The first-order valence-electron chi connectivity index (χ1n) is 7.38. The number of carbonyl (C=O) groups is 1. The van der Waals surface area contributed by atoms with Crippen LogP contribution < -0.4 is 15.4 Å². The molecule has 0 atom stereocenters. The molecule has 2 aromatic rings. The monoisotopic (exact) mass is 314 g/mol. The molecular formula is C17H22N4O2. The first kappa shape index (κ1) is 16.7. The maximum Gasteiger partial charge on any atom is 0.319 e. The quantitative estimate of drug-likeness (QED) is 0.909. The predicted octanol–water partition coefficient (Wildman–Crippen LogP) is 3.10. The number of hydrogen-bond donors (Lipinski definition) is 2. The first-order valence-corrected chi connectivity index (χ1v) is 7.38. The first-order chi connectivity index (χ1) is 10.9. The van der Waals surface area contributed by atoms with Gasteiger partial charge in [-0.1, -0.05) is 26.8 Å². The zero-order valence-corrected chi connectivity index (χ0v) is 13.9. The molecule has 0 saturated carbocycles. The van der Waals surface area contributed by atoms with E-state index in [1.54, 1.807) is 25.4 Å². The van der Waals surface area contributed by atoms with Crippen molar-refractivity contribution in [2.75, 3.05) is 12.4 Å². The van der Waals surface area contributed by atoms with Crippen molar-refractivity contribution >= 4 is 11.7 Å². The van der Waals surface area contributed by atoms with Crippen LogP contribution >= 0.6 is 0 Å². The van der Waals surface area contributed by atoms with Crippen molar-refractivity contribution in [2.24, 2.45) is 0 Å². The summed E-state index contributed by atoms with van der Waals surface area (Å²) in [6.07, 6.45) is 3.26. The fraction of sp³-hybridized carbons (Fsp3) is 0.353. The minimum Gasteiger partial charge on any atom is -0.497 e. The molecule has 122 valence electrons. The van der Waals surface area contributed by atoms with E-state index in [9.17, 15) is 4.79 Å². The molecule has 0 radical (unpaired) electrons. The lowest BCUT2D eigenvalue weighted by Gasteiger charge is -2.21. The molecule has 2 rings (SSSR count). The Balaban J connectivity index is 2.00. The zero-order valence-electron chi connectivity index (χ0n) is 13.9. The molecule has 0 spiro atoms. The van der Waals surface area contributed by atoms with Gasteiger partial charge in [-0.2, -0.15) is 0 Å². The molecular weight excluding hydrogens is 292 g/mol. The molecule has 0 aliphatic heterocycles. The highest BCUT2D eigenvalue weighted by atomic mass is 16.5. The highest BCUT2D eigenvalue weighted by Gasteiger charge is 2.19. The molecule has 1 heterocycles. The van der Waals surface area contributed by atoms with E-state index in [4.69, 9.17) is 4.74 Å². The van der Waals surface area contributed by atoms with Crippen LogP contribution in [-0.4, -0.2) is 23.1 Å². The van der Waals surface area contributed by atoms with Gasteiger partial charge in [-0.3, -0.25) is 0 Å². The Morgan fingerprint density at radius 3 is 2.78 bits per heavy atom. The summed E-state index contributed by atoms with van der Waals surface area (Å²) >= 11 is 0. The number of carbonyl (C=O) groups excluding carboxylic acids is 1. The maximum absolute atomic E-state index is 12.0. The van der Waals surface area contributed by atoms with Crippen molar-refractivity contribution in [1.29, 1.82) is 0 Å². The molecule has 0 bridgehead atoms. The number of nitrogens with one attached hydrogen (secondary N) is 2. The fourth-order valence-corrected chi connectivity index (χ4v) is 2.21. The number of methoxy groups -OCH3 is 1. The van der Waals surface area contributed by atoms with Crippen LogP contribution in [0, 0.1) is 0 Å². The molecule has 0 aliphatic rings. The number of nitrogens with zero attached hydrogens (tertiary/aromatic N) is 2. The van der Waals surface area contributed by atoms with Gasteiger partial charge in [0.25, 0.3) is 0 Å². The average molecular weight is 314 g/mol. The lowest BCUT2D eigenvalue weighted by atomic mass is 9.89. The minimum atomic E-state index is -0.290. The number of benzene rings is 1. The van der Waals surface area contributed by atoms with Gasteiger partial charge in [0.15, 0.2) is 0 Å². The highest BCUT2D eigenvalue weighted by Crippen LogP contribution is 2.22. The second-order valence-electron chi connectivity index (χ2n) is 6.19. The second-order valence-corrected chi connectivity index (χ2v) is 6.19. The Bertz CT molecular complexity index is 680. The summed E-state index contributed by atoms with van der Waals surface area (Å²) in [6.45, 7) is 6.60. The van der Waals surface area contributed by atoms with Gasteiger partial charge in [-0.15, -0.1) is 0 Å². The Hall–Kier alpha value is -2.63. The van der Waals surface area contributed by atoms with Crippen LogP contribution in [0.3, 0.4) is 0 Å². The summed E-state index contributed by atoms with van der Waals surface area (Å²) in [5, 5.41) is 5.60. The largest absolute Gasteiger partial charge is 0.497 e. The van der Waals surface area contributed by atoms with Crippen LogP contribution in [0.5, 0.6) is 5.75 Å². The number of aromatic nitrogens is 2. The number of rotatable bonds is 4. The Morgan fingerprint density at radius 1 is 1.30 bits per heavy atom. The third-order valence-corrected chi connectivity index (χ3v) is 3.27. The van der Waals surface area contributed by atoms with Crippen LogP contribution in [0.15, 0.2) is 36.8 Å². The van der Waals surface area contributed by atoms with Gasteiger partial charge < -0.3 is 15.4 Å². The maximum atomic E-state index is 12.0. The van der Waals surface area contributed by atoms with Crippen molar-refractivity contribution in [2.45, 2.75) is 32.7 Å². The normalized spacial score (nSPS) is 11.0. The molecule has 1 aromatic carbocycles. The van der Waals surface area contributed by atoms with Gasteiger partial charge >= 0.3 is 6.03 Å². The summed E-state index contributed by atoms with van der Waals surface area (Å²) in [4.78, 5) is 20.4. The summed E-state index contributed by atoms with van der Waals surface area (Å²) in [7, 11) is 1.59. The van der Waals surface area contributed by atoms with Crippen LogP contribution in [-0.2, 0) is 12.0 Å². The number of anilines is 1. The number of ether oxygens (including phenoxy) is 1. The molecule has 23 heavy (non-hydrogen) atoms. The summed E-state index contributed by atoms with van der Waals surface area (Å²) in [5.74, 6) is 0.689. The van der Waals surface area contributed by atoms with Crippen molar-refractivity contribution in [1.82, 2.24) is 15.3 Å². The van der Waals surface area contributed by atoms with Crippen LogP contribution in [0.1, 0.15) is 32.0 Å². The molecule has 0 aliphatic carbocycles. The van der Waals surface area contributed by atoms with Crippen molar-refractivity contribution in [3.05, 3.63) is 48.0 Å². The van der Waals surface area contributed by atoms with Crippen molar-refractivity contribution < 1.29 is 9.53 Å². The second kappa shape index (κ2) is 7.09. The van der Waals surface area contributed by atoms with Crippen LogP contribution in [0.4, 0.5) is 10.5 Å². The van der Waals surface area contributed by atoms with Gasteiger partial charge in [0, 0.05) is 35.5 Å². The van der Waals surface area contributed by atoms with E-state index in [0.717, 1.165) is 11.3 Å². The van der Waals surface area contributed by atoms with E-state index < -0.39 is 0 Å². The lowest BCUT2D eigenvalue weighted by molar-refractivity contribution is 0.251. The minimum absolute atomic E-state index is 0.108. The van der Waals surface area contributed by atoms with Crippen LogP contribution in [0.25, 0.3) is 0 Å². The lowest BCUT2D eigenvalue weighted by Crippen LogP contribution is -2.30. The molecule has 0 fully saturated rings. The molecule has 0 unspecified atom stereocenters. The Labute approximate surface area is 136 Å². The van der Waals surface area contributed by atoms with Gasteiger partial charge in [-0.25, -0.2) is 14.8 Å². The number of urea groups is 1. The van der Waals surface area contributed by atoms with Gasteiger partial charge in [0.2, 0.25) is 0 Å². The van der Waals surface area contributed by atoms with E-state index in [0.29, 0.717) is 18.0 Å². The van der Waals surface area contributed by atoms with E-state index in [-0.39, 0.29) is 11.4 Å². The fourth-order valence-electron chi connectivity index (χ4n) is 2.21. The summed E-state index contributed by atoms with van der Waals surface area (Å²) in [6, 6.07) is 6.90. The molecule has 2 amide bonds. The number of amides is 2. The highest BCUT2D eigenvalue weighted by molar-refractivity contribution is 5.89. The SMILES string of the molecule is COc1cccc(NC(=O)NCc2cncnc2C(C)(C)C)c1. The van der Waals surface area contributed by atoms with Gasteiger partial charge in [-0.05, 0) is 12.1 Å². The molecule has 6 heteroatoms. The van der Waals surface area contributed by atoms with Crippen molar-refractivity contribution in [3.63, 3.8) is 0 Å². The van der Waals surface area contributed by atoms with Gasteiger partial charge in [0.1, 0.15) is 12.1 Å². The van der Waals surface area contributed by atoms with E-state index in [2.05, 4.69) is 41.4 Å². The third kappa shape index (κ3) is 4.67. The third-order valence-electron chi connectivity index (χ3n) is 3.27. The smallest absolute Gasteiger partial charge is 0.319 e. The zero-order chi connectivity index (χ0) is 16.9. The van der Waals surface area contributed by atoms with E-state index >= 15 is 0 Å². The van der Waals surface area contributed by atoms with E-state index in [1.807, 2.05) is 12.1 Å². The van der Waals surface area contributed by atoms with Gasteiger partial charge in [0.05, 0.1) is 12.8 Å². The van der Waals surface area contributed by atoms with E-state index in [1.165, 1.54) is 6.33 Å². The molecule has 1 aromatic heterocycles. The van der Waals surface area contributed by atoms with Crippen molar-refractivity contribution in [3.8, 4) is 5.75 Å². The Kier molecular flexibility index (Phi) is 5.16. The van der Waals surface area contributed by atoms with Crippen LogP contribution in [0.2, 0.25) is 0 Å².